The Morgan fingerprint density at radius 2 is 2.17 bits per heavy atom. The van der Waals surface area contributed by atoms with Gasteiger partial charge in [-0.3, -0.25) is 14.8 Å². The molecule has 1 N–H and O–H groups in total. The molecule has 2 heterocycles. The van der Waals surface area contributed by atoms with Crippen LogP contribution in [0.2, 0.25) is 0 Å². The van der Waals surface area contributed by atoms with E-state index in [0.29, 0.717) is 27.5 Å². The second kappa shape index (κ2) is 7.97. The van der Waals surface area contributed by atoms with Crippen LogP contribution in [-0.4, -0.2) is 28.5 Å². The van der Waals surface area contributed by atoms with E-state index in [9.17, 15) is 14.9 Å². The molecule has 0 bridgehead atoms. The Hall–Kier alpha value is -3.31. The number of ether oxygens (including phenoxy) is 1. The van der Waals surface area contributed by atoms with Crippen LogP contribution in [0.1, 0.15) is 39.7 Å². The van der Waals surface area contributed by atoms with Crippen molar-refractivity contribution in [3.63, 3.8) is 0 Å². The molecule has 4 rings (SSSR count). The lowest BCUT2D eigenvalue weighted by molar-refractivity contribution is -0.119. The van der Waals surface area contributed by atoms with Crippen LogP contribution in [0.15, 0.2) is 30.6 Å². The van der Waals surface area contributed by atoms with Gasteiger partial charge in [0.15, 0.2) is 6.61 Å². The van der Waals surface area contributed by atoms with Gasteiger partial charge in [-0.05, 0) is 42.9 Å². The molecule has 0 spiro atoms. The zero-order valence-corrected chi connectivity index (χ0v) is 16.6. The summed E-state index contributed by atoms with van der Waals surface area (Å²) in [5, 5.41) is 12.8. The molecule has 0 fully saturated rings. The van der Waals surface area contributed by atoms with Crippen LogP contribution in [0.5, 0.6) is 0 Å². The number of fused-ring (bicyclic) bond motifs is 2. The summed E-state index contributed by atoms with van der Waals surface area (Å²) in [6, 6.07) is 7.22. The summed E-state index contributed by atoms with van der Waals surface area (Å²) in [6.45, 7) is 1.74. The van der Waals surface area contributed by atoms with Crippen molar-refractivity contribution >= 4 is 39.2 Å². The highest BCUT2D eigenvalue weighted by Crippen LogP contribution is 2.39. The van der Waals surface area contributed by atoms with Crippen molar-refractivity contribution in [3.8, 4) is 6.07 Å². The molecule has 0 saturated carbocycles. The van der Waals surface area contributed by atoms with Crippen molar-refractivity contribution in [2.24, 2.45) is 5.92 Å². The van der Waals surface area contributed by atoms with E-state index < -0.39 is 18.5 Å². The summed E-state index contributed by atoms with van der Waals surface area (Å²) in [6.07, 6.45) is 5.84. The number of nitrogens with one attached hydrogen (secondary N) is 1. The maximum Gasteiger partial charge on any atom is 0.340 e. The Morgan fingerprint density at radius 1 is 1.34 bits per heavy atom. The number of aromatic nitrogens is 2. The Morgan fingerprint density at radius 3 is 3.00 bits per heavy atom. The van der Waals surface area contributed by atoms with Crippen LogP contribution >= 0.6 is 11.3 Å². The molecule has 0 aliphatic heterocycles. The summed E-state index contributed by atoms with van der Waals surface area (Å²) in [5.74, 6) is -0.556. The summed E-state index contributed by atoms with van der Waals surface area (Å²) >= 11 is 1.44. The fourth-order valence-corrected chi connectivity index (χ4v) is 4.86. The summed E-state index contributed by atoms with van der Waals surface area (Å²) < 4.78 is 5.17. The second-order valence-corrected chi connectivity index (χ2v) is 8.13. The van der Waals surface area contributed by atoms with Gasteiger partial charge in [0.05, 0.1) is 16.6 Å². The molecule has 146 valence electrons. The summed E-state index contributed by atoms with van der Waals surface area (Å²) in [5.41, 5.74) is 2.82. The molecular weight excluding hydrogens is 388 g/mol. The quantitative estimate of drug-likeness (QED) is 0.665. The molecule has 1 aromatic carbocycles. The van der Waals surface area contributed by atoms with Crippen molar-refractivity contribution < 1.29 is 14.3 Å². The first-order valence-corrected chi connectivity index (χ1v) is 10.1. The Balaban J connectivity index is 1.44. The summed E-state index contributed by atoms with van der Waals surface area (Å²) in [4.78, 5) is 34.2. The van der Waals surface area contributed by atoms with E-state index in [0.717, 1.165) is 29.7 Å². The van der Waals surface area contributed by atoms with E-state index in [-0.39, 0.29) is 5.56 Å². The van der Waals surface area contributed by atoms with Crippen LogP contribution in [0.3, 0.4) is 0 Å². The van der Waals surface area contributed by atoms with E-state index in [1.165, 1.54) is 17.5 Å². The Bertz CT molecular complexity index is 1140. The SMILES string of the molecule is CC1CCc2c(sc(NC(=O)COC(=O)c3cccc4nccnc34)c2C#N)C1. The molecule has 3 aromatic rings. The highest BCUT2D eigenvalue weighted by molar-refractivity contribution is 7.16. The monoisotopic (exact) mass is 406 g/mol. The van der Waals surface area contributed by atoms with E-state index in [1.807, 2.05) is 0 Å². The molecule has 7 nitrogen and oxygen atoms in total. The smallest absolute Gasteiger partial charge is 0.340 e. The molecule has 0 radical (unpaired) electrons. The lowest BCUT2D eigenvalue weighted by atomic mass is 9.89. The molecule has 1 aliphatic rings. The first kappa shape index (κ1) is 19.0. The molecule has 1 atom stereocenters. The molecule has 29 heavy (non-hydrogen) atoms. The normalized spacial score (nSPS) is 15.4. The van der Waals surface area contributed by atoms with Gasteiger partial charge in [-0.1, -0.05) is 13.0 Å². The highest BCUT2D eigenvalue weighted by atomic mass is 32.1. The number of para-hydroxylation sites is 1. The highest BCUT2D eigenvalue weighted by Gasteiger charge is 2.25. The van der Waals surface area contributed by atoms with Gasteiger partial charge in [0.25, 0.3) is 5.91 Å². The maximum atomic E-state index is 12.4. The number of amides is 1. The molecule has 1 aliphatic carbocycles. The number of nitrogens with zero attached hydrogens (tertiary/aromatic N) is 3. The van der Waals surface area contributed by atoms with Gasteiger partial charge in [-0.2, -0.15) is 5.26 Å². The van der Waals surface area contributed by atoms with Gasteiger partial charge >= 0.3 is 5.97 Å². The van der Waals surface area contributed by atoms with Crippen molar-refractivity contribution in [2.45, 2.75) is 26.2 Å². The number of carbonyl (C=O) groups excluding carboxylic acids is 2. The number of esters is 1. The van der Waals surface area contributed by atoms with Gasteiger partial charge in [0.2, 0.25) is 0 Å². The van der Waals surface area contributed by atoms with Crippen molar-refractivity contribution in [2.75, 3.05) is 11.9 Å². The Labute approximate surface area is 171 Å². The van der Waals surface area contributed by atoms with Crippen LogP contribution in [0.4, 0.5) is 5.00 Å². The van der Waals surface area contributed by atoms with Gasteiger partial charge in [0.1, 0.15) is 16.6 Å². The number of hydrogen-bond acceptors (Lipinski definition) is 7. The maximum absolute atomic E-state index is 12.4. The standard InChI is InChI=1S/C21H18N4O3S/c1-12-5-6-13-15(10-22)20(29-17(13)9-12)25-18(26)11-28-21(27)14-3-2-4-16-19(14)24-8-7-23-16/h2-4,7-8,12H,5-6,9,11H2,1H3,(H,25,26). The van der Waals surface area contributed by atoms with Gasteiger partial charge in [-0.25, -0.2) is 4.79 Å². The lowest BCUT2D eigenvalue weighted by Gasteiger charge is -2.17. The first-order valence-electron chi connectivity index (χ1n) is 9.28. The van der Waals surface area contributed by atoms with E-state index >= 15 is 0 Å². The molecule has 8 heteroatoms. The fourth-order valence-electron chi connectivity index (χ4n) is 3.49. The van der Waals surface area contributed by atoms with Crippen LogP contribution < -0.4 is 5.32 Å². The molecule has 1 amide bonds. The predicted molar refractivity (Wildman–Crippen MR) is 109 cm³/mol. The van der Waals surface area contributed by atoms with Crippen LogP contribution in [0.25, 0.3) is 11.0 Å². The average Bonchev–Trinajstić information content (AvgIpc) is 3.07. The summed E-state index contributed by atoms with van der Waals surface area (Å²) in [7, 11) is 0. The second-order valence-electron chi connectivity index (χ2n) is 7.02. The number of hydrogen-bond donors (Lipinski definition) is 1. The average molecular weight is 406 g/mol. The van der Waals surface area contributed by atoms with Crippen molar-refractivity contribution in [1.82, 2.24) is 9.97 Å². The minimum Gasteiger partial charge on any atom is -0.452 e. The number of carbonyl (C=O) groups is 2. The molecular formula is C21H18N4O3S. The lowest BCUT2D eigenvalue weighted by Crippen LogP contribution is -2.21. The topological polar surface area (TPSA) is 105 Å². The van der Waals surface area contributed by atoms with Crippen LogP contribution in [-0.2, 0) is 22.4 Å². The third-order valence-corrected chi connectivity index (χ3v) is 6.10. The largest absolute Gasteiger partial charge is 0.452 e. The van der Waals surface area contributed by atoms with Gasteiger partial charge in [-0.15, -0.1) is 11.3 Å². The number of anilines is 1. The zero-order chi connectivity index (χ0) is 20.4. The molecule has 0 saturated heterocycles. The van der Waals surface area contributed by atoms with E-state index in [4.69, 9.17) is 4.74 Å². The van der Waals surface area contributed by atoms with Crippen molar-refractivity contribution in [3.05, 3.63) is 52.2 Å². The fraction of sp³-hybridized carbons (Fsp3) is 0.286. The van der Waals surface area contributed by atoms with Gasteiger partial charge in [0, 0.05) is 17.3 Å². The molecule has 1 unspecified atom stereocenters. The van der Waals surface area contributed by atoms with E-state index in [2.05, 4.69) is 28.3 Å². The Kier molecular flexibility index (Phi) is 5.23. The van der Waals surface area contributed by atoms with Crippen LogP contribution in [0, 0.1) is 17.2 Å². The third-order valence-electron chi connectivity index (χ3n) is 4.93. The molecule has 2 aromatic heterocycles. The first-order chi connectivity index (χ1) is 14.1. The van der Waals surface area contributed by atoms with E-state index in [1.54, 1.807) is 24.4 Å². The zero-order valence-electron chi connectivity index (χ0n) is 15.8. The number of thiophene rings is 1. The van der Waals surface area contributed by atoms with Crippen molar-refractivity contribution in [1.29, 1.82) is 5.26 Å². The predicted octanol–water partition coefficient (Wildman–Crippen LogP) is 3.48. The van der Waals surface area contributed by atoms with Gasteiger partial charge < -0.3 is 10.1 Å². The number of rotatable bonds is 4. The minimum atomic E-state index is -0.647. The number of benzene rings is 1. The minimum absolute atomic E-state index is 0.252. The number of nitriles is 1. The third kappa shape index (κ3) is 3.82.